The molecule has 5 rings (SSSR count). The Bertz CT molecular complexity index is 1310. The van der Waals surface area contributed by atoms with Crippen LogP contribution in [0.3, 0.4) is 0 Å². The van der Waals surface area contributed by atoms with Gasteiger partial charge in [0.05, 0.1) is 11.4 Å². The Morgan fingerprint density at radius 2 is 1.82 bits per heavy atom. The van der Waals surface area contributed by atoms with Crippen LogP contribution in [0.2, 0.25) is 0 Å². The van der Waals surface area contributed by atoms with Crippen LogP contribution in [0.4, 0.5) is 15.8 Å². The predicted octanol–water partition coefficient (Wildman–Crippen LogP) is 3.30. The fourth-order valence-corrected chi connectivity index (χ4v) is 4.19. The lowest BCUT2D eigenvalue weighted by Crippen LogP contribution is -2.46. The molecule has 3 aromatic rings. The number of hydrogen-bond acceptors (Lipinski definition) is 4. The molecule has 33 heavy (non-hydrogen) atoms. The highest BCUT2D eigenvalue weighted by Gasteiger charge is 2.37. The molecule has 2 aliphatic rings. The van der Waals surface area contributed by atoms with Crippen LogP contribution in [0.5, 0.6) is 0 Å². The number of nitrogens with two attached hydrogens (primary N) is 1. The molecule has 1 atom stereocenters. The van der Waals surface area contributed by atoms with Crippen molar-refractivity contribution in [3.05, 3.63) is 101 Å². The summed E-state index contributed by atoms with van der Waals surface area (Å²) in [5, 5.41) is 2.68. The van der Waals surface area contributed by atoms with Gasteiger partial charge in [-0.15, -0.1) is 0 Å². The summed E-state index contributed by atoms with van der Waals surface area (Å²) >= 11 is 0. The van der Waals surface area contributed by atoms with Crippen LogP contribution in [0.25, 0.3) is 6.08 Å². The second-order valence-corrected chi connectivity index (χ2v) is 7.92. The summed E-state index contributed by atoms with van der Waals surface area (Å²) in [5.74, 6) is -1.27. The summed E-state index contributed by atoms with van der Waals surface area (Å²) in [6.45, 7) is 0.485. The molecule has 0 bridgehead atoms. The molecule has 2 heterocycles. The number of benzene rings is 3. The van der Waals surface area contributed by atoms with Gasteiger partial charge in [0.2, 0.25) is 12.1 Å². The van der Waals surface area contributed by atoms with Crippen molar-refractivity contribution in [3.8, 4) is 0 Å². The number of anilines is 2. The first-order valence-corrected chi connectivity index (χ1v) is 10.6. The first kappa shape index (κ1) is 20.6. The molecule has 2 amide bonds. The van der Waals surface area contributed by atoms with Gasteiger partial charge in [0.25, 0.3) is 5.91 Å². The number of para-hydroxylation sites is 1. The van der Waals surface area contributed by atoms with Crippen LogP contribution >= 0.6 is 0 Å². The van der Waals surface area contributed by atoms with Crippen molar-refractivity contribution >= 4 is 35.0 Å². The lowest BCUT2D eigenvalue weighted by Gasteiger charge is -2.20. The van der Waals surface area contributed by atoms with Gasteiger partial charge in [-0.3, -0.25) is 9.59 Å². The normalized spacial score (nSPS) is 17.0. The zero-order valence-electron chi connectivity index (χ0n) is 17.7. The summed E-state index contributed by atoms with van der Waals surface area (Å²) in [6.07, 6.45) is 2.48. The molecule has 0 spiro atoms. The highest BCUT2D eigenvalue weighted by Crippen LogP contribution is 2.36. The van der Waals surface area contributed by atoms with E-state index < -0.39 is 17.9 Å². The van der Waals surface area contributed by atoms with Crippen LogP contribution in [0, 0.1) is 5.82 Å². The zero-order valence-corrected chi connectivity index (χ0v) is 17.7. The Hall–Kier alpha value is -4.26. The van der Waals surface area contributed by atoms with E-state index in [2.05, 4.69) is 10.3 Å². The topological polar surface area (TPSA) is 87.8 Å². The third kappa shape index (κ3) is 3.89. The number of amides is 2. The maximum absolute atomic E-state index is 14.8. The molecule has 0 saturated heterocycles. The Labute approximate surface area is 190 Å². The Morgan fingerprint density at radius 3 is 2.61 bits per heavy atom. The molecule has 3 aromatic carbocycles. The molecule has 164 valence electrons. The smallest absolute Gasteiger partial charge is 0.272 e. The monoisotopic (exact) mass is 440 g/mol. The van der Waals surface area contributed by atoms with E-state index in [-0.39, 0.29) is 11.5 Å². The van der Waals surface area contributed by atoms with Gasteiger partial charge in [0.15, 0.2) is 0 Å². The summed E-state index contributed by atoms with van der Waals surface area (Å²) < 4.78 is 14.8. The van der Waals surface area contributed by atoms with Gasteiger partial charge in [-0.1, -0.05) is 42.5 Å². The number of nitrogens with one attached hydrogen (secondary N) is 1. The fourth-order valence-electron chi connectivity index (χ4n) is 4.19. The Kier molecular flexibility index (Phi) is 5.22. The summed E-state index contributed by atoms with van der Waals surface area (Å²) in [4.78, 5) is 32.2. The first-order chi connectivity index (χ1) is 16.0. The predicted molar refractivity (Wildman–Crippen MR) is 126 cm³/mol. The largest absolute Gasteiger partial charge is 0.399 e. The molecule has 0 radical (unpaired) electrons. The van der Waals surface area contributed by atoms with Crippen molar-refractivity contribution in [2.75, 3.05) is 17.2 Å². The number of carbonyl (C=O) groups excluding carboxylic acids is 2. The molecule has 2 aliphatic heterocycles. The second kappa shape index (κ2) is 8.35. The van der Waals surface area contributed by atoms with Gasteiger partial charge >= 0.3 is 0 Å². The van der Waals surface area contributed by atoms with Crippen molar-refractivity contribution in [3.63, 3.8) is 0 Å². The molecular formula is C26H21FN4O2. The summed E-state index contributed by atoms with van der Waals surface area (Å²) in [6, 6.07) is 19.0. The van der Waals surface area contributed by atoms with Crippen molar-refractivity contribution < 1.29 is 14.0 Å². The van der Waals surface area contributed by atoms with Crippen LogP contribution in [-0.4, -0.2) is 30.2 Å². The average Bonchev–Trinajstić information content (AvgIpc) is 3.21. The third-order valence-corrected chi connectivity index (χ3v) is 5.78. The third-order valence-electron chi connectivity index (χ3n) is 5.78. The van der Waals surface area contributed by atoms with Gasteiger partial charge in [-0.25, -0.2) is 9.38 Å². The van der Waals surface area contributed by atoms with E-state index in [1.807, 2.05) is 18.2 Å². The van der Waals surface area contributed by atoms with Crippen molar-refractivity contribution in [2.24, 2.45) is 4.99 Å². The zero-order chi connectivity index (χ0) is 22.9. The maximum atomic E-state index is 14.8. The summed E-state index contributed by atoms with van der Waals surface area (Å²) in [7, 11) is 0. The van der Waals surface area contributed by atoms with Gasteiger partial charge < -0.3 is 16.0 Å². The molecule has 6 nitrogen and oxygen atoms in total. The first-order valence-electron chi connectivity index (χ1n) is 10.6. The Balaban J connectivity index is 1.52. The number of rotatable bonds is 4. The molecule has 0 saturated carbocycles. The van der Waals surface area contributed by atoms with E-state index in [1.54, 1.807) is 53.4 Å². The molecular weight excluding hydrogens is 419 g/mol. The minimum absolute atomic E-state index is 0.282. The second-order valence-electron chi connectivity index (χ2n) is 7.92. The van der Waals surface area contributed by atoms with E-state index in [9.17, 15) is 14.0 Å². The molecule has 0 aromatic heterocycles. The fraction of sp³-hybridized carbons (Fsp3) is 0.115. The standard InChI is InChI=1S/C26H21FN4O2/c27-21-7-2-1-5-19(21)23-20-6-3-4-17-14-15-31(24(17)20)26(33)25(30-23)29-22(32)13-10-16-8-11-18(28)12-9-16/h1-13,25H,14-15,28H2,(H,29,32)/b13-10+. The molecule has 0 aliphatic carbocycles. The quantitative estimate of drug-likeness (QED) is 0.482. The van der Waals surface area contributed by atoms with E-state index in [0.717, 1.165) is 16.8 Å². The van der Waals surface area contributed by atoms with Crippen molar-refractivity contribution in [1.29, 1.82) is 0 Å². The highest BCUT2D eigenvalue weighted by molar-refractivity contribution is 6.21. The lowest BCUT2D eigenvalue weighted by molar-refractivity contribution is -0.125. The van der Waals surface area contributed by atoms with Gasteiger partial charge in [0.1, 0.15) is 5.82 Å². The summed E-state index contributed by atoms with van der Waals surface area (Å²) in [5.41, 5.74) is 10.1. The van der Waals surface area contributed by atoms with E-state index in [0.29, 0.717) is 29.9 Å². The van der Waals surface area contributed by atoms with Crippen LogP contribution < -0.4 is 16.0 Å². The molecule has 3 N–H and O–H groups in total. The van der Waals surface area contributed by atoms with E-state index >= 15 is 0 Å². The van der Waals surface area contributed by atoms with Gasteiger partial charge in [-0.05, 0) is 47.9 Å². The van der Waals surface area contributed by atoms with E-state index in [1.165, 1.54) is 12.1 Å². The highest BCUT2D eigenvalue weighted by atomic mass is 19.1. The number of nitrogens with zero attached hydrogens (tertiary/aromatic N) is 2. The molecule has 0 fully saturated rings. The van der Waals surface area contributed by atoms with Gasteiger partial charge in [-0.2, -0.15) is 0 Å². The maximum Gasteiger partial charge on any atom is 0.272 e. The van der Waals surface area contributed by atoms with Gasteiger partial charge in [0, 0.05) is 29.4 Å². The van der Waals surface area contributed by atoms with Crippen LogP contribution in [-0.2, 0) is 16.0 Å². The van der Waals surface area contributed by atoms with E-state index in [4.69, 9.17) is 5.73 Å². The van der Waals surface area contributed by atoms with Crippen molar-refractivity contribution in [1.82, 2.24) is 5.32 Å². The lowest BCUT2D eigenvalue weighted by atomic mass is 9.98. The number of carbonyl (C=O) groups is 2. The minimum atomic E-state index is -1.18. The SMILES string of the molecule is Nc1ccc(/C=C/C(=O)NC2N=C(c3ccccc3F)c3cccc4c3N(CC4)C2=O)cc1. The molecule has 7 heteroatoms. The number of halogens is 1. The number of aliphatic imine (C=N–C) groups is 1. The molecule has 1 unspecified atom stereocenters. The number of hydrogen-bond donors (Lipinski definition) is 2. The Morgan fingerprint density at radius 1 is 1.06 bits per heavy atom. The number of nitrogen functional groups attached to an aromatic ring is 1. The minimum Gasteiger partial charge on any atom is -0.399 e. The van der Waals surface area contributed by atoms with Crippen molar-refractivity contribution in [2.45, 2.75) is 12.6 Å². The average molecular weight is 440 g/mol. The van der Waals surface area contributed by atoms with Crippen LogP contribution in [0.15, 0.2) is 77.8 Å². The van der Waals surface area contributed by atoms with Crippen LogP contribution in [0.1, 0.15) is 22.3 Å².